The Morgan fingerprint density at radius 2 is 2.15 bits per heavy atom. The molecule has 0 fully saturated rings. The fourth-order valence-corrected chi connectivity index (χ4v) is 1.61. The number of hydrogen-bond acceptors (Lipinski definition) is 2. The van der Waals surface area contributed by atoms with Crippen LogP contribution in [0.25, 0.3) is 0 Å². The van der Waals surface area contributed by atoms with E-state index in [9.17, 15) is 8.78 Å². The summed E-state index contributed by atoms with van der Waals surface area (Å²) < 4.78 is 25.0. The molecule has 0 spiro atoms. The number of nitrogens with zero attached hydrogens (tertiary/aromatic N) is 1. The van der Waals surface area contributed by atoms with Crippen LogP contribution in [0.3, 0.4) is 0 Å². The first-order chi connectivity index (χ1) is 6.06. The van der Waals surface area contributed by atoms with Crippen molar-refractivity contribution in [2.75, 3.05) is 5.73 Å². The van der Waals surface area contributed by atoms with Gasteiger partial charge in [-0.2, -0.15) is 0 Å². The monoisotopic (exact) mass is 314 g/mol. The number of alkyl halides is 3. The van der Waals surface area contributed by atoms with Gasteiger partial charge in [0.1, 0.15) is 10.3 Å². The van der Waals surface area contributed by atoms with Gasteiger partial charge in [0.05, 0.1) is 5.69 Å². The molecule has 13 heavy (non-hydrogen) atoms. The van der Waals surface area contributed by atoms with Gasteiger partial charge in [0, 0.05) is 5.33 Å². The molecule has 2 N–H and O–H groups in total. The van der Waals surface area contributed by atoms with Gasteiger partial charge in [-0.25, -0.2) is 13.8 Å². The predicted molar refractivity (Wildman–Crippen MR) is 53.9 cm³/mol. The average Bonchev–Trinajstić information content (AvgIpc) is 2.08. The minimum atomic E-state index is -2.58. The quantitative estimate of drug-likeness (QED) is 0.672. The number of pyridine rings is 1. The summed E-state index contributed by atoms with van der Waals surface area (Å²) in [5, 5.41) is 0.317. The Morgan fingerprint density at radius 1 is 1.54 bits per heavy atom. The number of rotatable bonds is 2. The second-order valence-corrected chi connectivity index (χ2v) is 3.66. The number of anilines is 1. The van der Waals surface area contributed by atoms with Gasteiger partial charge in [-0.05, 0) is 27.6 Å². The molecule has 6 heteroatoms. The Hall–Kier alpha value is -0.230. The van der Waals surface area contributed by atoms with Gasteiger partial charge in [0.25, 0.3) is 6.43 Å². The molecule has 0 saturated heterocycles. The molecule has 1 aromatic rings. The lowest BCUT2D eigenvalue weighted by Gasteiger charge is -2.07. The molecule has 0 aliphatic carbocycles. The van der Waals surface area contributed by atoms with Crippen LogP contribution in [0.5, 0.6) is 0 Å². The van der Waals surface area contributed by atoms with Gasteiger partial charge in [0.15, 0.2) is 0 Å². The summed E-state index contributed by atoms with van der Waals surface area (Å²) in [6.45, 7) is 0. The average molecular weight is 316 g/mol. The summed E-state index contributed by atoms with van der Waals surface area (Å²) >= 11 is 6.08. The van der Waals surface area contributed by atoms with Crippen LogP contribution in [0.2, 0.25) is 0 Å². The van der Waals surface area contributed by atoms with Gasteiger partial charge < -0.3 is 5.73 Å². The van der Waals surface area contributed by atoms with E-state index in [0.717, 1.165) is 0 Å². The third-order valence-corrected chi connectivity index (χ3v) is 2.71. The molecular weight excluding hydrogens is 310 g/mol. The second-order valence-electron chi connectivity index (χ2n) is 2.35. The molecule has 1 heterocycles. The van der Waals surface area contributed by atoms with Crippen LogP contribution in [0.15, 0.2) is 10.7 Å². The number of nitrogens with two attached hydrogens (primary N) is 1. The highest BCUT2D eigenvalue weighted by molar-refractivity contribution is 9.10. The van der Waals surface area contributed by atoms with E-state index in [-0.39, 0.29) is 10.3 Å². The van der Waals surface area contributed by atoms with E-state index in [2.05, 4.69) is 36.8 Å². The van der Waals surface area contributed by atoms with Gasteiger partial charge in [0.2, 0.25) is 0 Å². The summed E-state index contributed by atoms with van der Waals surface area (Å²) in [6.07, 6.45) is -2.58. The Balaban J connectivity index is 3.25. The molecule has 0 atom stereocenters. The van der Waals surface area contributed by atoms with Crippen LogP contribution in [-0.4, -0.2) is 4.98 Å². The molecule has 2 nitrogen and oxygen atoms in total. The van der Waals surface area contributed by atoms with Crippen LogP contribution in [-0.2, 0) is 5.33 Å². The zero-order chi connectivity index (χ0) is 10.0. The van der Waals surface area contributed by atoms with Crippen molar-refractivity contribution in [3.63, 3.8) is 0 Å². The van der Waals surface area contributed by atoms with Gasteiger partial charge in [-0.3, -0.25) is 0 Å². The molecule has 0 saturated carbocycles. The van der Waals surface area contributed by atoms with Gasteiger partial charge >= 0.3 is 0 Å². The van der Waals surface area contributed by atoms with E-state index in [1.807, 2.05) is 0 Å². The largest absolute Gasteiger partial charge is 0.397 e. The number of aromatic nitrogens is 1. The van der Waals surface area contributed by atoms with Crippen LogP contribution in [0, 0.1) is 0 Å². The Morgan fingerprint density at radius 3 is 2.62 bits per heavy atom. The van der Waals surface area contributed by atoms with E-state index in [4.69, 9.17) is 5.73 Å². The van der Waals surface area contributed by atoms with Crippen molar-refractivity contribution in [3.05, 3.63) is 21.9 Å². The maximum atomic E-state index is 12.4. The first kappa shape index (κ1) is 10.8. The van der Waals surface area contributed by atoms with Crippen molar-refractivity contribution < 1.29 is 8.78 Å². The molecule has 0 unspecified atom stereocenters. The highest BCUT2D eigenvalue weighted by Gasteiger charge is 2.16. The Labute approximate surface area is 90.8 Å². The van der Waals surface area contributed by atoms with Crippen molar-refractivity contribution in [2.45, 2.75) is 11.8 Å². The van der Waals surface area contributed by atoms with Gasteiger partial charge in [-0.1, -0.05) is 15.9 Å². The number of halogens is 4. The lowest BCUT2D eigenvalue weighted by atomic mass is 10.2. The molecule has 0 amide bonds. The summed E-state index contributed by atoms with van der Waals surface area (Å²) in [4.78, 5) is 3.65. The highest BCUT2D eigenvalue weighted by Crippen LogP contribution is 2.28. The van der Waals surface area contributed by atoms with Crippen LogP contribution in [0.1, 0.15) is 17.7 Å². The lowest BCUT2D eigenvalue weighted by Crippen LogP contribution is -2.00. The second kappa shape index (κ2) is 4.32. The molecular formula is C7H6Br2F2N2. The summed E-state index contributed by atoms with van der Waals surface area (Å²) in [6, 6.07) is 1.48. The zero-order valence-corrected chi connectivity index (χ0v) is 9.57. The third kappa shape index (κ3) is 2.37. The maximum Gasteiger partial charge on any atom is 0.280 e. The first-order valence-corrected chi connectivity index (χ1v) is 5.26. The molecule has 1 aromatic heterocycles. The summed E-state index contributed by atoms with van der Waals surface area (Å²) in [5.41, 5.74) is 6.02. The molecule has 1 rings (SSSR count). The van der Waals surface area contributed by atoms with E-state index >= 15 is 0 Å². The highest BCUT2D eigenvalue weighted by atomic mass is 79.9. The first-order valence-electron chi connectivity index (χ1n) is 3.35. The minimum absolute atomic E-state index is 0.238. The molecule has 0 radical (unpaired) electrons. The third-order valence-electron chi connectivity index (χ3n) is 1.47. The van der Waals surface area contributed by atoms with E-state index in [1.54, 1.807) is 0 Å². The Kier molecular flexibility index (Phi) is 3.61. The number of nitrogen functional groups attached to an aromatic ring is 1. The minimum Gasteiger partial charge on any atom is -0.397 e. The maximum absolute atomic E-state index is 12.4. The van der Waals surface area contributed by atoms with Crippen LogP contribution in [0.4, 0.5) is 14.5 Å². The van der Waals surface area contributed by atoms with Crippen molar-refractivity contribution in [3.8, 4) is 0 Å². The molecule has 0 aliphatic heterocycles. The Bertz CT molecular complexity index is 318. The fourth-order valence-electron chi connectivity index (χ4n) is 0.859. The zero-order valence-electron chi connectivity index (χ0n) is 6.40. The smallest absolute Gasteiger partial charge is 0.280 e. The molecule has 0 bridgehead atoms. The molecule has 0 aliphatic rings. The summed E-state index contributed by atoms with van der Waals surface area (Å²) in [7, 11) is 0. The lowest BCUT2D eigenvalue weighted by molar-refractivity contribution is 0.145. The topological polar surface area (TPSA) is 38.9 Å². The van der Waals surface area contributed by atoms with E-state index in [0.29, 0.717) is 16.6 Å². The van der Waals surface area contributed by atoms with Crippen molar-refractivity contribution >= 4 is 37.5 Å². The van der Waals surface area contributed by atoms with Crippen molar-refractivity contribution in [1.29, 1.82) is 0 Å². The normalized spacial score (nSPS) is 10.8. The predicted octanol–water partition coefficient (Wildman–Crippen LogP) is 3.26. The standard InChI is InChI=1S/C7H6Br2F2N2/c8-2-3-1-4(12)6(9)13-5(3)7(10)11/h1,7H,2,12H2. The molecule has 0 aromatic carbocycles. The SMILES string of the molecule is Nc1cc(CBr)c(C(F)F)nc1Br. The van der Waals surface area contributed by atoms with Crippen molar-refractivity contribution in [1.82, 2.24) is 4.98 Å². The van der Waals surface area contributed by atoms with Crippen LogP contribution < -0.4 is 5.73 Å². The van der Waals surface area contributed by atoms with E-state index < -0.39 is 6.43 Å². The number of hydrogen-bond donors (Lipinski definition) is 1. The van der Waals surface area contributed by atoms with Gasteiger partial charge in [-0.15, -0.1) is 0 Å². The summed E-state index contributed by atoms with van der Waals surface area (Å²) in [5.74, 6) is 0. The van der Waals surface area contributed by atoms with Crippen LogP contribution >= 0.6 is 31.9 Å². The fraction of sp³-hybridized carbons (Fsp3) is 0.286. The van der Waals surface area contributed by atoms with Crippen molar-refractivity contribution in [2.24, 2.45) is 0 Å². The molecule has 72 valence electrons. The van der Waals surface area contributed by atoms with E-state index in [1.165, 1.54) is 6.07 Å².